The Labute approximate surface area is 195 Å². The predicted octanol–water partition coefficient (Wildman–Crippen LogP) is 6.18. The van der Waals surface area contributed by atoms with Crippen molar-refractivity contribution in [2.24, 2.45) is 0 Å². The Morgan fingerprint density at radius 2 is 1.32 bits per heavy atom. The van der Waals surface area contributed by atoms with E-state index in [0.29, 0.717) is 25.2 Å². The average molecular weight is 473 g/mol. The molecule has 2 unspecified atom stereocenters. The molecular weight excluding hydrogens is 449 g/mol. The van der Waals surface area contributed by atoms with Gasteiger partial charge in [0.2, 0.25) is 0 Å². The summed E-state index contributed by atoms with van der Waals surface area (Å²) >= 11 is 0. The molecular formula is C27H24F5NO. The van der Waals surface area contributed by atoms with Crippen LogP contribution in [-0.4, -0.2) is 22.2 Å². The van der Waals surface area contributed by atoms with Gasteiger partial charge in [0.15, 0.2) is 0 Å². The van der Waals surface area contributed by atoms with Crippen LogP contribution in [0.1, 0.15) is 35.6 Å². The van der Waals surface area contributed by atoms with Crippen molar-refractivity contribution < 1.29 is 27.1 Å². The molecule has 0 radical (unpaired) electrons. The van der Waals surface area contributed by atoms with Crippen LogP contribution in [0.2, 0.25) is 0 Å². The highest BCUT2D eigenvalue weighted by Crippen LogP contribution is 2.33. The molecule has 0 spiro atoms. The number of alkyl halides is 3. The van der Waals surface area contributed by atoms with Crippen molar-refractivity contribution in [3.05, 3.63) is 107 Å². The largest absolute Gasteiger partial charge is 0.422 e. The third-order valence-electron chi connectivity index (χ3n) is 5.46. The topological polar surface area (TPSA) is 23.5 Å². The SMILES string of the molecule is CC(C(O)CC#Cc1cc(F)c(C(F)(F)F)c(F)c1)N(Cc1ccccc1)Cc1ccccc1. The summed E-state index contributed by atoms with van der Waals surface area (Å²) in [4.78, 5) is 2.09. The fraction of sp³-hybridized carbons (Fsp3) is 0.259. The highest BCUT2D eigenvalue weighted by Gasteiger charge is 2.37. The van der Waals surface area contributed by atoms with E-state index >= 15 is 0 Å². The second-order valence-corrected chi connectivity index (χ2v) is 8.00. The van der Waals surface area contributed by atoms with Crippen LogP contribution >= 0.6 is 0 Å². The lowest BCUT2D eigenvalue weighted by atomic mass is 10.0. The maximum atomic E-state index is 13.8. The molecule has 0 aliphatic heterocycles. The molecule has 178 valence electrons. The molecule has 3 aromatic carbocycles. The van der Waals surface area contributed by atoms with Gasteiger partial charge in [-0.1, -0.05) is 72.5 Å². The summed E-state index contributed by atoms with van der Waals surface area (Å²) in [6.07, 6.45) is -6.05. The maximum absolute atomic E-state index is 13.8. The first-order chi connectivity index (χ1) is 16.1. The summed E-state index contributed by atoms with van der Waals surface area (Å²) in [7, 11) is 0. The van der Waals surface area contributed by atoms with Crippen molar-refractivity contribution in [3.63, 3.8) is 0 Å². The molecule has 3 aromatic rings. The van der Waals surface area contributed by atoms with E-state index in [1.807, 2.05) is 67.6 Å². The summed E-state index contributed by atoms with van der Waals surface area (Å²) in [6, 6.07) is 20.3. The number of aliphatic hydroxyl groups is 1. The van der Waals surface area contributed by atoms with Gasteiger partial charge in [0.1, 0.15) is 17.2 Å². The van der Waals surface area contributed by atoms with Gasteiger partial charge in [-0.25, -0.2) is 8.78 Å². The van der Waals surface area contributed by atoms with E-state index < -0.39 is 29.5 Å². The summed E-state index contributed by atoms with van der Waals surface area (Å²) in [5.41, 5.74) is -0.0315. The zero-order valence-electron chi connectivity index (χ0n) is 18.5. The van der Waals surface area contributed by atoms with Crippen molar-refractivity contribution in [2.75, 3.05) is 0 Å². The van der Waals surface area contributed by atoms with Gasteiger partial charge < -0.3 is 5.11 Å². The summed E-state index contributed by atoms with van der Waals surface area (Å²) in [5, 5.41) is 10.7. The zero-order chi connectivity index (χ0) is 24.7. The second-order valence-electron chi connectivity index (χ2n) is 8.00. The van der Waals surface area contributed by atoms with E-state index in [1.54, 1.807) is 0 Å². The lowest BCUT2D eigenvalue weighted by Crippen LogP contribution is -2.40. The number of nitrogens with zero attached hydrogens (tertiary/aromatic N) is 1. The van der Waals surface area contributed by atoms with Crippen molar-refractivity contribution in [3.8, 4) is 11.8 Å². The van der Waals surface area contributed by atoms with Crippen LogP contribution in [0.25, 0.3) is 0 Å². The number of benzene rings is 3. The first-order valence-electron chi connectivity index (χ1n) is 10.7. The van der Waals surface area contributed by atoms with Gasteiger partial charge in [0.05, 0.1) is 6.10 Å². The summed E-state index contributed by atoms with van der Waals surface area (Å²) < 4.78 is 65.7. The molecule has 0 amide bonds. The van der Waals surface area contributed by atoms with E-state index in [9.17, 15) is 27.1 Å². The van der Waals surface area contributed by atoms with Gasteiger partial charge in [-0.15, -0.1) is 0 Å². The lowest BCUT2D eigenvalue weighted by Gasteiger charge is -2.32. The van der Waals surface area contributed by atoms with E-state index in [0.717, 1.165) is 11.1 Å². The molecule has 0 saturated carbocycles. The zero-order valence-corrected chi connectivity index (χ0v) is 18.5. The van der Waals surface area contributed by atoms with Gasteiger partial charge in [0.25, 0.3) is 0 Å². The Morgan fingerprint density at radius 3 is 1.76 bits per heavy atom. The van der Waals surface area contributed by atoms with Gasteiger partial charge in [0, 0.05) is 31.1 Å². The molecule has 0 aliphatic carbocycles. The monoisotopic (exact) mass is 473 g/mol. The maximum Gasteiger partial charge on any atom is 0.422 e. The number of hydrogen-bond acceptors (Lipinski definition) is 2. The van der Waals surface area contributed by atoms with Crippen LogP contribution in [-0.2, 0) is 19.3 Å². The Hall–Kier alpha value is -3.21. The third-order valence-corrected chi connectivity index (χ3v) is 5.46. The Morgan fingerprint density at radius 1 is 0.853 bits per heavy atom. The second kappa shape index (κ2) is 11.3. The average Bonchev–Trinajstić information content (AvgIpc) is 2.78. The highest BCUT2D eigenvalue weighted by atomic mass is 19.4. The molecule has 7 heteroatoms. The van der Waals surface area contributed by atoms with Crippen molar-refractivity contribution in [2.45, 2.75) is 44.8 Å². The molecule has 1 N–H and O–H groups in total. The van der Waals surface area contributed by atoms with Crippen LogP contribution in [0.15, 0.2) is 72.8 Å². The molecule has 34 heavy (non-hydrogen) atoms. The molecule has 0 aliphatic rings. The molecule has 0 heterocycles. The van der Waals surface area contributed by atoms with Crippen LogP contribution in [0.5, 0.6) is 0 Å². The lowest BCUT2D eigenvalue weighted by molar-refractivity contribution is -0.142. The minimum Gasteiger partial charge on any atom is -0.391 e. The van der Waals surface area contributed by atoms with Crippen molar-refractivity contribution in [1.82, 2.24) is 4.90 Å². The van der Waals surface area contributed by atoms with Gasteiger partial charge in [-0.3, -0.25) is 4.90 Å². The first kappa shape index (κ1) is 25.4. The molecule has 2 atom stereocenters. The quantitative estimate of drug-likeness (QED) is 0.327. The predicted molar refractivity (Wildman–Crippen MR) is 120 cm³/mol. The number of hydrogen-bond donors (Lipinski definition) is 1. The van der Waals surface area contributed by atoms with Crippen molar-refractivity contribution in [1.29, 1.82) is 0 Å². The summed E-state index contributed by atoms with van der Waals surface area (Å²) in [6.45, 7) is 3.02. The van der Waals surface area contributed by atoms with E-state index in [-0.39, 0.29) is 18.0 Å². The normalized spacial score (nSPS) is 13.3. The number of aliphatic hydroxyl groups excluding tert-OH is 1. The molecule has 0 aromatic heterocycles. The number of rotatable bonds is 7. The molecule has 0 bridgehead atoms. The Kier molecular flexibility index (Phi) is 8.43. The molecule has 3 rings (SSSR count). The van der Waals surface area contributed by atoms with E-state index in [2.05, 4.69) is 16.7 Å². The van der Waals surface area contributed by atoms with E-state index in [4.69, 9.17) is 0 Å². The van der Waals surface area contributed by atoms with Crippen LogP contribution in [0, 0.1) is 23.5 Å². The van der Waals surface area contributed by atoms with Crippen molar-refractivity contribution >= 4 is 0 Å². The number of halogens is 5. The standard InChI is InChI=1S/C27H24F5NO/c1-19(33(17-20-9-4-2-5-10-20)18-21-11-6-3-7-12-21)25(34)14-8-13-22-15-23(28)26(24(29)16-22)27(30,31)32/h2-7,9-12,15-16,19,25,34H,14,17-18H2,1H3. The minimum absolute atomic E-state index is 0.0223. The fourth-order valence-corrected chi connectivity index (χ4v) is 3.57. The van der Waals surface area contributed by atoms with Gasteiger partial charge in [-0.2, -0.15) is 13.2 Å². The summed E-state index contributed by atoms with van der Waals surface area (Å²) in [5.74, 6) is 1.65. The van der Waals surface area contributed by atoms with Gasteiger partial charge in [-0.05, 0) is 30.2 Å². The van der Waals surface area contributed by atoms with Crippen LogP contribution < -0.4 is 0 Å². The smallest absolute Gasteiger partial charge is 0.391 e. The molecule has 0 fully saturated rings. The molecule has 2 nitrogen and oxygen atoms in total. The van der Waals surface area contributed by atoms with Crippen LogP contribution in [0.3, 0.4) is 0 Å². The minimum atomic E-state index is -5.13. The van der Waals surface area contributed by atoms with Gasteiger partial charge >= 0.3 is 6.18 Å². The third kappa shape index (κ3) is 6.89. The highest BCUT2D eigenvalue weighted by molar-refractivity contribution is 5.39. The van der Waals surface area contributed by atoms with Crippen LogP contribution in [0.4, 0.5) is 22.0 Å². The Balaban J connectivity index is 1.73. The van der Waals surface area contributed by atoms with E-state index in [1.165, 1.54) is 0 Å². The fourth-order valence-electron chi connectivity index (χ4n) is 3.57. The Bertz CT molecular complexity index is 1070. The molecule has 0 saturated heterocycles. The first-order valence-corrected chi connectivity index (χ1v) is 10.7.